The number of benzene rings is 1. The molecule has 20 heavy (non-hydrogen) atoms. The fourth-order valence-electron chi connectivity index (χ4n) is 2.76. The number of hydrogen-bond acceptors (Lipinski definition) is 3. The lowest BCUT2D eigenvalue weighted by atomic mass is 10.0. The fourth-order valence-corrected chi connectivity index (χ4v) is 2.76. The molecule has 0 amide bonds. The molecule has 0 bridgehead atoms. The average molecular weight is 279 g/mol. The minimum atomic E-state index is -0.120. The predicted molar refractivity (Wildman–Crippen MR) is 82.7 cm³/mol. The Labute approximate surface area is 121 Å². The zero-order valence-corrected chi connectivity index (χ0v) is 12.8. The number of halogens is 1. The molecule has 1 saturated heterocycles. The molecule has 0 aromatic heterocycles. The molecule has 0 radical (unpaired) electrons. The maximum Gasteiger partial charge on any atom is 0.146 e. The van der Waals surface area contributed by atoms with Crippen molar-refractivity contribution in [1.82, 2.24) is 4.90 Å². The average Bonchev–Trinajstić information content (AvgIpc) is 2.88. The second-order valence-corrected chi connectivity index (χ2v) is 6.01. The van der Waals surface area contributed by atoms with Crippen molar-refractivity contribution < 1.29 is 4.39 Å². The Morgan fingerprint density at radius 1 is 1.45 bits per heavy atom. The molecule has 1 aliphatic heterocycles. The lowest BCUT2D eigenvalue weighted by Gasteiger charge is -2.22. The summed E-state index contributed by atoms with van der Waals surface area (Å²) in [4.78, 5) is 4.36. The van der Waals surface area contributed by atoms with Crippen molar-refractivity contribution >= 4 is 5.69 Å². The molecule has 112 valence electrons. The SMILES string of the molecule is CCC(N)Cc1ccc(N2CCC(N(C)C)C2)c(F)c1. The van der Waals surface area contributed by atoms with Gasteiger partial charge in [-0.05, 0) is 51.1 Å². The van der Waals surface area contributed by atoms with Crippen LogP contribution in [0.5, 0.6) is 0 Å². The van der Waals surface area contributed by atoms with Crippen LogP contribution in [-0.4, -0.2) is 44.2 Å². The van der Waals surface area contributed by atoms with E-state index in [0.29, 0.717) is 6.04 Å². The van der Waals surface area contributed by atoms with Crippen LogP contribution in [0.2, 0.25) is 0 Å². The fraction of sp³-hybridized carbons (Fsp3) is 0.625. The van der Waals surface area contributed by atoms with Gasteiger partial charge in [0.2, 0.25) is 0 Å². The van der Waals surface area contributed by atoms with Gasteiger partial charge in [0.15, 0.2) is 0 Å². The third-order valence-electron chi connectivity index (χ3n) is 4.27. The molecule has 4 heteroatoms. The number of hydrogen-bond donors (Lipinski definition) is 1. The summed E-state index contributed by atoms with van der Waals surface area (Å²) in [6.07, 6.45) is 2.75. The Morgan fingerprint density at radius 3 is 2.75 bits per heavy atom. The zero-order valence-electron chi connectivity index (χ0n) is 12.8. The van der Waals surface area contributed by atoms with E-state index >= 15 is 0 Å². The molecule has 2 unspecified atom stereocenters. The first-order valence-corrected chi connectivity index (χ1v) is 7.46. The highest BCUT2D eigenvalue weighted by Gasteiger charge is 2.25. The summed E-state index contributed by atoms with van der Waals surface area (Å²) in [5.41, 5.74) is 7.64. The second kappa shape index (κ2) is 6.55. The van der Waals surface area contributed by atoms with Gasteiger partial charge in [-0.2, -0.15) is 0 Å². The molecule has 1 fully saturated rings. The standard InChI is InChI=1S/C16H26FN3/c1-4-13(18)9-12-5-6-16(15(17)10-12)20-8-7-14(11-20)19(2)3/h5-6,10,13-14H,4,7-9,11,18H2,1-3H3. The minimum absolute atomic E-state index is 0.116. The molecule has 0 spiro atoms. The predicted octanol–water partition coefficient (Wildman–Crippen LogP) is 2.25. The van der Waals surface area contributed by atoms with E-state index in [0.717, 1.165) is 43.6 Å². The van der Waals surface area contributed by atoms with E-state index in [-0.39, 0.29) is 11.9 Å². The molecule has 1 aliphatic rings. The van der Waals surface area contributed by atoms with Crippen LogP contribution in [0.25, 0.3) is 0 Å². The molecule has 1 heterocycles. The maximum absolute atomic E-state index is 14.3. The third kappa shape index (κ3) is 3.49. The molecule has 0 aliphatic carbocycles. The van der Waals surface area contributed by atoms with Gasteiger partial charge in [0.25, 0.3) is 0 Å². The van der Waals surface area contributed by atoms with Gasteiger partial charge in [-0.1, -0.05) is 13.0 Å². The number of rotatable bonds is 5. The summed E-state index contributed by atoms with van der Waals surface area (Å²) in [7, 11) is 4.17. The highest BCUT2D eigenvalue weighted by Crippen LogP contribution is 2.26. The number of anilines is 1. The van der Waals surface area contributed by atoms with Crippen molar-refractivity contribution in [2.24, 2.45) is 5.73 Å². The van der Waals surface area contributed by atoms with E-state index in [2.05, 4.69) is 30.8 Å². The van der Waals surface area contributed by atoms with E-state index in [9.17, 15) is 4.39 Å². The van der Waals surface area contributed by atoms with Crippen LogP contribution in [-0.2, 0) is 6.42 Å². The molecule has 2 atom stereocenters. The van der Waals surface area contributed by atoms with Crippen LogP contribution in [0.1, 0.15) is 25.3 Å². The third-order valence-corrected chi connectivity index (χ3v) is 4.27. The highest BCUT2D eigenvalue weighted by atomic mass is 19.1. The summed E-state index contributed by atoms with van der Waals surface area (Å²) in [6.45, 7) is 3.88. The first-order valence-electron chi connectivity index (χ1n) is 7.46. The normalized spacial score (nSPS) is 20.7. The Morgan fingerprint density at radius 2 is 2.20 bits per heavy atom. The van der Waals surface area contributed by atoms with E-state index in [4.69, 9.17) is 5.73 Å². The molecule has 0 saturated carbocycles. The van der Waals surface area contributed by atoms with Crippen molar-refractivity contribution in [2.45, 2.75) is 38.3 Å². The molecule has 1 aromatic carbocycles. The van der Waals surface area contributed by atoms with Crippen LogP contribution < -0.4 is 10.6 Å². The van der Waals surface area contributed by atoms with Crippen LogP contribution in [0.3, 0.4) is 0 Å². The van der Waals surface area contributed by atoms with Gasteiger partial charge in [0, 0.05) is 25.2 Å². The monoisotopic (exact) mass is 279 g/mol. The number of likely N-dealkylation sites (N-methyl/N-ethyl adjacent to an activating group) is 1. The lowest BCUT2D eigenvalue weighted by molar-refractivity contribution is 0.315. The first kappa shape index (κ1) is 15.3. The Balaban J connectivity index is 2.07. The maximum atomic E-state index is 14.3. The quantitative estimate of drug-likeness (QED) is 0.897. The van der Waals surface area contributed by atoms with Crippen LogP contribution in [0.15, 0.2) is 18.2 Å². The van der Waals surface area contributed by atoms with Gasteiger partial charge in [-0.25, -0.2) is 4.39 Å². The Hall–Kier alpha value is -1.13. The van der Waals surface area contributed by atoms with E-state index in [1.165, 1.54) is 0 Å². The van der Waals surface area contributed by atoms with Crippen molar-refractivity contribution in [1.29, 1.82) is 0 Å². The first-order chi connectivity index (χ1) is 9.51. The summed E-state index contributed by atoms with van der Waals surface area (Å²) in [5, 5.41) is 0. The summed E-state index contributed by atoms with van der Waals surface area (Å²) in [5.74, 6) is -0.120. The molecular formula is C16H26FN3. The highest BCUT2D eigenvalue weighted by molar-refractivity contribution is 5.50. The van der Waals surface area contributed by atoms with Gasteiger partial charge >= 0.3 is 0 Å². The molecule has 1 aromatic rings. The summed E-state index contributed by atoms with van der Waals surface area (Å²) < 4.78 is 14.3. The Bertz CT molecular complexity index is 447. The largest absolute Gasteiger partial charge is 0.368 e. The summed E-state index contributed by atoms with van der Waals surface area (Å²) >= 11 is 0. The van der Waals surface area contributed by atoms with E-state index < -0.39 is 0 Å². The Kier molecular flexibility index (Phi) is 5.00. The number of nitrogens with two attached hydrogens (primary N) is 1. The summed E-state index contributed by atoms with van der Waals surface area (Å²) in [6, 6.07) is 6.20. The second-order valence-electron chi connectivity index (χ2n) is 6.01. The lowest BCUT2D eigenvalue weighted by Crippen LogP contribution is -2.31. The van der Waals surface area contributed by atoms with Gasteiger partial charge in [-0.3, -0.25) is 0 Å². The van der Waals surface area contributed by atoms with Crippen LogP contribution in [0, 0.1) is 5.82 Å². The minimum Gasteiger partial charge on any atom is -0.368 e. The van der Waals surface area contributed by atoms with Crippen LogP contribution in [0.4, 0.5) is 10.1 Å². The van der Waals surface area contributed by atoms with Gasteiger partial charge in [0.1, 0.15) is 5.82 Å². The van der Waals surface area contributed by atoms with Crippen molar-refractivity contribution in [3.8, 4) is 0 Å². The zero-order chi connectivity index (χ0) is 14.7. The van der Waals surface area contributed by atoms with E-state index in [1.807, 2.05) is 12.1 Å². The number of nitrogens with zero attached hydrogens (tertiary/aromatic N) is 2. The van der Waals surface area contributed by atoms with Crippen molar-refractivity contribution in [3.63, 3.8) is 0 Å². The van der Waals surface area contributed by atoms with Crippen molar-refractivity contribution in [2.75, 3.05) is 32.1 Å². The van der Waals surface area contributed by atoms with Crippen molar-refractivity contribution in [3.05, 3.63) is 29.6 Å². The van der Waals surface area contributed by atoms with Gasteiger partial charge in [-0.15, -0.1) is 0 Å². The van der Waals surface area contributed by atoms with Gasteiger partial charge < -0.3 is 15.5 Å². The van der Waals surface area contributed by atoms with Gasteiger partial charge in [0.05, 0.1) is 5.69 Å². The molecule has 2 N–H and O–H groups in total. The molecule has 2 rings (SSSR count). The molecular weight excluding hydrogens is 253 g/mol. The topological polar surface area (TPSA) is 32.5 Å². The van der Waals surface area contributed by atoms with Crippen LogP contribution >= 0.6 is 0 Å². The molecule has 3 nitrogen and oxygen atoms in total. The van der Waals surface area contributed by atoms with E-state index in [1.54, 1.807) is 6.07 Å². The smallest absolute Gasteiger partial charge is 0.146 e.